The van der Waals surface area contributed by atoms with Crippen molar-refractivity contribution in [2.75, 3.05) is 36.9 Å². The molecule has 0 amide bonds. The number of benzene rings is 2. The van der Waals surface area contributed by atoms with Gasteiger partial charge in [0.1, 0.15) is 5.82 Å². The van der Waals surface area contributed by atoms with Crippen LogP contribution in [0.1, 0.15) is 0 Å². The van der Waals surface area contributed by atoms with Crippen molar-refractivity contribution in [1.82, 2.24) is 4.31 Å². The van der Waals surface area contributed by atoms with Crippen LogP contribution in [0.3, 0.4) is 0 Å². The maximum Gasteiger partial charge on any atom is 0.243 e. The van der Waals surface area contributed by atoms with E-state index in [0.717, 1.165) is 0 Å². The molecule has 138 valence electrons. The summed E-state index contributed by atoms with van der Waals surface area (Å²) in [6.07, 6.45) is 0. The summed E-state index contributed by atoms with van der Waals surface area (Å²) in [5, 5.41) is 5.87. The molecule has 0 aromatic heterocycles. The molecule has 1 aliphatic heterocycles. The third kappa shape index (κ3) is 4.36. The third-order valence-corrected chi connectivity index (χ3v) is 5.96. The second-order valence-corrected chi connectivity index (χ2v) is 7.95. The Morgan fingerprint density at radius 1 is 1.04 bits per heavy atom. The molecule has 2 N–H and O–H groups in total. The second kappa shape index (κ2) is 8.09. The Morgan fingerprint density at radius 3 is 2.35 bits per heavy atom. The van der Waals surface area contributed by atoms with Gasteiger partial charge in [-0.05, 0) is 48.6 Å². The van der Waals surface area contributed by atoms with Gasteiger partial charge in [0.25, 0.3) is 0 Å². The first kappa shape index (κ1) is 18.7. The van der Waals surface area contributed by atoms with Crippen molar-refractivity contribution in [3.05, 3.63) is 54.3 Å². The fourth-order valence-electron chi connectivity index (χ4n) is 2.49. The van der Waals surface area contributed by atoms with Gasteiger partial charge in [-0.3, -0.25) is 0 Å². The topological polar surface area (TPSA) is 70.7 Å². The van der Waals surface area contributed by atoms with E-state index >= 15 is 0 Å². The first-order valence-corrected chi connectivity index (χ1v) is 9.82. The summed E-state index contributed by atoms with van der Waals surface area (Å²) < 4.78 is 45.4. The molecule has 26 heavy (non-hydrogen) atoms. The number of ether oxygens (including phenoxy) is 1. The van der Waals surface area contributed by atoms with Crippen molar-refractivity contribution in [3.63, 3.8) is 0 Å². The van der Waals surface area contributed by atoms with Gasteiger partial charge in [-0.2, -0.15) is 4.31 Å². The van der Waals surface area contributed by atoms with Crippen molar-refractivity contribution in [1.29, 1.82) is 0 Å². The molecule has 0 bridgehead atoms. The molecular weight excluding hydrogens is 377 g/mol. The highest BCUT2D eigenvalue weighted by molar-refractivity contribution is 7.89. The first-order valence-electron chi connectivity index (χ1n) is 7.97. The average molecular weight is 395 g/mol. The molecule has 0 saturated carbocycles. The molecule has 3 rings (SSSR count). The minimum absolute atomic E-state index is 0.206. The van der Waals surface area contributed by atoms with Gasteiger partial charge in [0.2, 0.25) is 10.0 Å². The van der Waals surface area contributed by atoms with Crippen LogP contribution in [0.5, 0.6) is 0 Å². The zero-order valence-corrected chi connectivity index (χ0v) is 15.4. The van der Waals surface area contributed by atoms with Crippen LogP contribution in [-0.2, 0) is 14.8 Å². The zero-order valence-electron chi connectivity index (χ0n) is 13.8. The molecule has 0 unspecified atom stereocenters. The van der Waals surface area contributed by atoms with Crippen LogP contribution in [0.15, 0.2) is 53.4 Å². The molecule has 1 fully saturated rings. The average Bonchev–Trinajstić information content (AvgIpc) is 2.65. The predicted octanol–water partition coefficient (Wildman–Crippen LogP) is 2.66. The molecular formula is C17H18FN3O3S2. The quantitative estimate of drug-likeness (QED) is 0.776. The molecule has 2 aromatic carbocycles. The molecule has 0 spiro atoms. The van der Waals surface area contributed by atoms with Gasteiger partial charge in [-0.15, -0.1) is 0 Å². The Labute approximate surface area is 157 Å². The maximum absolute atomic E-state index is 13.6. The van der Waals surface area contributed by atoms with Gasteiger partial charge in [-0.25, -0.2) is 12.8 Å². The second-order valence-electron chi connectivity index (χ2n) is 5.60. The van der Waals surface area contributed by atoms with E-state index in [4.69, 9.17) is 17.0 Å². The smallest absolute Gasteiger partial charge is 0.243 e. The van der Waals surface area contributed by atoms with Crippen molar-refractivity contribution >= 4 is 38.7 Å². The Morgan fingerprint density at radius 2 is 1.69 bits per heavy atom. The van der Waals surface area contributed by atoms with E-state index in [9.17, 15) is 12.8 Å². The highest BCUT2D eigenvalue weighted by Gasteiger charge is 2.26. The fourth-order valence-corrected chi connectivity index (χ4v) is 4.13. The van der Waals surface area contributed by atoms with Crippen LogP contribution in [0.25, 0.3) is 0 Å². The molecule has 0 radical (unpaired) electrons. The summed E-state index contributed by atoms with van der Waals surface area (Å²) in [5.74, 6) is -0.413. The molecule has 0 aliphatic carbocycles. The van der Waals surface area contributed by atoms with Crippen molar-refractivity contribution in [2.24, 2.45) is 0 Å². The molecule has 9 heteroatoms. The SMILES string of the molecule is O=S(=O)(c1ccc(NC(=S)Nc2ccccc2F)cc1)N1CCOCC1. The predicted molar refractivity (Wildman–Crippen MR) is 102 cm³/mol. The number of hydrogen-bond donors (Lipinski definition) is 2. The van der Waals surface area contributed by atoms with Crippen LogP contribution in [0.2, 0.25) is 0 Å². The number of halogens is 1. The summed E-state index contributed by atoms with van der Waals surface area (Å²) in [4.78, 5) is 0.206. The van der Waals surface area contributed by atoms with Gasteiger partial charge in [0, 0.05) is 18.8 Å². The van der Waals surface area contributed by atoms with Crippen molar-refractivity contribution < 1.29 is 17.5 Å². The summed E-state index contributed by atoms with van der Waals surface area (Å²) in [6, 6.07) is 12.4. The summed E-state index contributed by atoms with van der Waals surface area (Å²) in [7, 11) is -3.53. The summed E-state index contributed by atoms with van der Waals surface area (Å²) in [6.45, 7) is 1.49. The Bertz CT molecular complexity index is 882. The first-order chi connectivity index (χ1) is 12.5. The summed E-state index contributed by atoms with van der Waals surface area (Å²) >= 11 is 5.16. The monoisotopic (exact) mass is 395 g/mol. The molecule has 6 nitrogen and oxygen atoms in total. The lowest BCUT2D eigenvalue weighted by Gasteiger charge is -2.26. The van der Waals surface area contributed by atoms with Gasteiger partial charge in [-0.1, -0.05) is 12.1 Å². The molecule has 2 aromatic rings. The fraction of sp³-hybridized carbons (Fsp3) is 0.235. The maximum atomic E-state index is 13.6. The van der Waals surface area contributed by atoms with E-state index in [1.807, 2.05) is 0 Å². The van der Waals surface area contributed by atoms with E-state index in [1.54, 1.807) is 30.3 Å². The molecule has 1 heterocycles. The number of hydrogen-bond acceptors (Lipinski definition) is 4. The molecule has 1 saturated heterocycles. The van der Waals surface area contributed by atoms with Gasteiger partial charge in [0.05, 0.1) is 23.8 Å². The van der Waals surface area contributed by atoms with Crippen LogP contribution in [0.4, 0.5) is 15.8 Å². The normalized spacial score (nSPS) is 15.4. The van der Waals surface area contributed by atoms with E-state index in [-0.39, 0.29) is 15.7 Å². The Kier molecular flexibility index (Phi) is 5.82. The number of morpholine rings is 1. The number of rotatable bonds is 4. The van der Waals surface area contributed by atoms with E-state index in [1.165, 1.54) is 22.5 Å². The third-order valence-electron chi connectivity index (χ3n) is 3.84. The minimum Gasteiger partial charge on any atom is -0.379 e. The largest absolute Gasteiger partial charge is 0.379 e. The van der Waals surface area contributed by atoms with Gasteiger partial charge >= 0.3 is 0 Å². The molecule has 0 atom stereocenters. The summed E-state index contributed by atoms with van der Waals surface area (Å²) in [5.41, 5.74) is 0.858. The standard InChI is InChI=1S/C17H18FN3O3S2/c18-15-3-1-2-4-16(15)20-17(25)19-13-5-7-14(8-6-13)26(22,23)21-9-11-24-12-10-21/h1-8H,9-12H2,(H2,19,20,25). The number of nitrogens with one attached hydrogen (secondary N) is 2. The Balaban J connectivity index is 1.66. The van der Waals surface area contributed by atoms with Gasteiger partial charge in [0.15, 0.2) is 5.11 Å². The number of para-hydroxylation sites is 1. The van der Waals surface area contributed by atoms with Crippen LogP contribution in [-0.4, -0.2) is 44.1 Å². The number of nitrogens with zero attached hydrogens (tertiary/aromatic N) is 1. The van der Waals surface area contributed by atoms with E-state index in [2.05, 4.69) is 10.6 Å². The highest BCUT2D eigenvalue weighted by Crippen LogP contribution is 2.20. The number of anilines is 2. The van der Waals surface area contributed by atoms with Gasteiger partial charge < -0.3 is 15.4 Å². The number of sulfonamides is 1. The lowest BCUT2D eigenvalue weighted by atomic mass is 10.3. The highest BCUT2D eigenvalue weighted by atomic mass is 32.2. The lowest BCUT2D eigenvalue weighted by Crippen LogP contribution is -2.40. The van der Waals surface area contributed by atoms with E-state index in [0.29, 0.717) is 32.0 Å². The lowest BCUT2D eigenvalue weighted by molar-refractivity contribution is 0.0730. The van der Waals surface area contributed by atoms with Crippen LogP contribution < -0.4 is 10.6 Å². The number of thiocarbonyl (C=S) groups is 1. The van der Waals surface area contributed by atoms with Crippen molar-refractivity contribution in [3.8, 4) is 0 Å². The van der Waals surface area contributed by atoms with Crippen LogP contribution in [0, 0.1) is 5.82 Å². The van der Waals surface area contributed by atoms with Crippen LogP contribution >= 0.6 is 12.2 Å². The minimum atomic E-state index is -3.53. The molecule has 1 aliphatic rings. The van der Waals surface area contributed by atoms with E-state index < -0.39 is 15.8 Å². The zero-order chi connectivity index (χ0) is 18.6. The van der Waals surface area contributed by atoms with Crippen molar-refractivity contribution in [2.45, 2.75) is 4.90 Å². The Hall–Kier alpha value is -2.07.